The standard InChI is InChI=1S/C8H13FO3/c1-3-5-7(10)12-8(11)6(9)4-2/h6H,3-5H2,1-2H3. The van der Waals surface area contributed by atoms with Crippen molar-refractivity contribution in [1.29, 1.82) is 0 Å². The quantitative estimate of drug-likeness (QED) is 0.482. The Morgan fingerprint density at radius 2 is 2.00 bits per heavy atom. The van der Waals surface area contributed by atoms with Gasteiger partial charge in [-0.25, -0.2) is 9.18 Å². The van der Waals surface area contributed by atoms with Crippen molar-refractivity contribution in [2.75, 3.05) is 0 Å². The van der Waals surface area contributed by atoms with E-state index in [-0.39, 0.29) is 12.8 Å². The maximum absolute atomic E-state index is 12.5. The molecule has 12 heavy (non-hydrogen) atoms. The van der Waals surface area contributed by atoms with Gasteiger partial charge in [0.2, 0.25) is 0 Å². The Labute approximate surface area is 70.9 Å². The predicted molar refractivity (Wildman–Crippen MR) is 41.2 cm³/mol. The fourth-order valence-corrected chi connectivity index (χ4v) is 0.598. The van der Waals surface area contributed by atoms with Gasteiger partial charge in [-0.05, 0) is 12.8 Å². The second-order valence-electron chi connectivity index (χ2n) is 2.42. The third kappa shape index (κ3) is 4.05. The van der Waals surface area contributed by atoms with Crippen LogP contribution in [0.4, 0.5) is 4.39 Å². The van der Waals surface area contributed by atoms with E-state index in [2.05, 4.69) is 4.74 Å². The molecule has 0 aliphatic rings. The van der Waals surface area contributed by atoms with Crippen molar-refractivity contribution in [3.8, 4) is 0 Å². The second kappa shape index (κ2) is 5.69. The van der Waals surface area contributed by atoms with Gasteiger partial charge in [-0.15, -0.1) is 0 Å². The number of rotatable bonds is 4. The van der Waals surface area contributed by atoms with Crippen molar-refractivity contribution in [3.05, 3.63) is 0 Å². The van der Waals surface area contributed by atoms with Crippen LogP contribution in [0.1, 0.15) is 33.1 Å². The van der Waals surface area contributed by atoms with Gasteiger partial charge in [-0.3, -0.25) is 4.79 Å². The van der Waals surface area contributed by atoms with Crippen molar-refractivity contribution in [2.45, 2.75) is 39.3 Å². The van der Waals surface area contributed by atoms with E-state index < -0.39 is 18.1 Å². The van der Waals surface area contributed by atoms with Gasteiger partial charge >= 0.3 is 11.9 Å². The molecule has 3 nitrogen and oxygen atoms in total. The van der Waals surface area contributed by atoms with E-state index in [0.29, 0.717) is 6.42 Å². The summed E-state index contributed by atoms with van der Waals surface area (Å²) in [4.78, 5) is 21.3. The van der Waals surface area contributed by atoms with E-state index in [0.717, 1.165) is 0 Å². The van der Waals surface area contributed by atoms with Crippen LogP contribution in [-0.4, -0.2) is 18.1 Å². The fourth-order valence-electron chi connectivity index (χ4n) is 0.598. The fraction of sp³-hybridized carbons (Fsp3) is 0.750. The Bertz CT molecular complexity index is 168. The second-order valence-corrected chi connectivity index (χ2v) is 2.42. The van der Waals surface area contributed by atoms with Crippen molar-refractivity contribution in [2.24, 2.45) is 0 Å². The molecule has 0 amide bonds. The minimum atomic E-state index is -1.68. The summed E-state index contributed by atoms with van der Waals surface area (Å²) in [7, 11) is 0. The van der Waals surface area contributed by atoms with Gasteiger partial charge < -0.3 is 4.74 Å². The third-order valence-corrected chi connectivity index (χ3v) is 1.28. The molecule has 1 atom stereocenters. The van der Waals surface area contributed by atoms with Crippen molar-refractivity contribution < 1.29 is 18.7 Å². The Morgan fingerprint density at radius 1 is 1.42 bits per heavy atom. The highest BCUT2D eigenvalue weighted by atomic mass is 19.1. The molecule has 0 bridgehead atoms. The molecule has 0 spiro atoms. The van der Waals surface area contributed by atoms with Crippen LogP contribution in [0, 0.1) is 0 Å². The van der Waals surface area contributed by atoms with Gasteiger partial charge in [0, 0.05) is 6.42 Å². The molecule has 0 saturated heterocycles. The lowest BCUT2D eigenvalue weighted by atomic mass is 10.3. The van der Waals surface area contributed by atoms with E-state index in [9.17, 15) is 14.0 Å². The van der Waals surface area contributed by atoms with E-state index >= 15 is 0 Å². The van der Waals surface area contributed by atoms with Gasteiger partial charge in [-0.2, -0.15) is 0 Å². The summed E-state index contributed by atoms with van der Waals surface area (Å²) in [5.41, 5.74) is 0. The summed E-state index contributed by atoms with van der Waals surface area (Å²) in [5, 5.41) is 0. The zero-order chi connectivity index (χ0) is 9.56. The molecule has 0 heterocycles. The summed E-state index contributed by atoms with van der Waals surface area (Å²) in [6.45, 7) is 3.29. The van der Waals surface area contributed by atoms with Crippen LogP contribution in [0.3, 0.4) is 0 Å². The molecule has 1 unspecified atom stereocenters. The van der Waals surface area contributed by atoms with Crippen LogP contribution in [0.2, 0.25) is 0 Å². The number of ether oxygens (including phenoxy) is 1. The number of halogens is 1. The number of carbonyl (C=O) groups excluding carboxylic acids is 2. The molecule has 0 aliphatic carbocycles. The first kappa shape index (κ1) is 11.1. The molecule has 0 rings (SSSR count). The normalized spacial score (nSPS) is 12.2. The molecule has 0 aromatic rings. The number of carbonyl (C=O) groups is 2. The monoisotopic (exact) mass is 176 g/mol. The zero-order valence-corrected chi connectivity index (χ0v) is 7.30. The SMILES string of the molecule is CCCC(=O)OC(=O)C(F)CC. The lowest BCUT2D eigenvalue weighted by Crippen LogP contribution is -2.21. The summed E-state index contributed by atoms with van der Waals surface area (Å²) in [5.74, 6) is -1.73. The van der Waals surface area contributed by atoms with Crippen LogP contribution in [-0.2, 0) is 14.3 Å². The van der Waals surface area contributed by atoms with Gasteiger partial charge in [0.25, 0.3) is 0 Å². The van der Waals surface area contributed by atoms with Crippen LogP contribution in [0.25, 0.3) is 0 Å². The minimum Gasteiger partial charge on any atom is -0.391 e. The van der Waals surface area contributed by atoms with Crippen molar-refractivity contribution >= 4 is 11.9 Å². The summed E-state index contributed by atoms with van der Waals surface area (Å²) in [6, 6.07) is 0. The van der Waals surface area contributed by atoms with E-state index in [4.69, 9.17) is 0 Å². The molecular weight excluding hydrogens is 163 g/mol. The molecule has 0 fully saturated rings. The highest BCUT2D eigenvalue weighted by molar-refractivity contribution is 5.87. The number of esters is 2. The first-order valence-electron chi connectivity index (χ1n) is 4.00. The average molecular weight is 176 g/mol. The largest absolute Gasteiger partial charge is 0.391 e. The smallest absolute Gasteiger partial charge is 0.348 e. The van der Waals surface area contributed by atoms with Crippen LogP contribution >= 0.6 is 0 Å². The highest BCUT2D eigenvalue weighted by Gasteiger charge is 2.19. The summed E-state index contributed by atoms with van der Waals surface area (Å²) in [6.07, 6.45) is -0.888. The van der Waals surface area contributed by atoms with Gasteiger partial charge in [-0.1, -0.05) is 13.8 Å². The predicted octanol–water partition coefficient (Wildman–Crippen LogP) is 1.60. The number of hydrogen-bond acceptors (Lipinski definition) is 3. The third-order valence-electron chi connectivity index (χ3n) is 1.28. The molecule has 0 aliphatic heterocycles. The summed E-state index contributed by atoms with van der Waals surface area (Å²) >= 11 is 0. The average Bonchev–Trinajstić information content (AvgIpc) is 2.03. The molecular formula is C8H13FO3. The molecule has 0 saturated carbocycles. The first-order valence-corrected chi connectivity index (χ1v) is 4.00. The molecule has 70 valence electrons. The van der Waals surface area contributed by atoms with Crippen molar-refractivity contribution in [3.63, 3.8) is 0 Å². The molecule has 0 aromatic heterocycles. The molecule has 0 aromatic carbocycles. The maximum Gasteiger partial charge on any atom is 0.348 e. The Morgan fingerprint density at radius 3 is 2.42 bits per heavy atom. The first-order chi connectivity index (χ1) is 5.61. The highest BCUT2D eigenvalue weighted by Crippen LogP contribution is 2.01. The Balaban J connectivity index is 3.76. The van der Waals surface area contributed by atoms with E-state index in [1.165, 1.54) is 6.92 Å². The number of alkyl halides is 1. The molecule has 0 radical (unpaired) electrons. The Kier molecular flexibility index (Phi) is 5.25. The Hall–Kier alpha value is -0.930. The van der Waals surface area contributed by atoms with E-state index in [1.54, 1.807) is 6.92 Å². The van der Waals surface area contributed by atoms with Crippen LogP contribution in [0.15, 0.2) is 0 Å². The topological polar surface area (TPSA) is 43.4 Å². The lowest BCUT2D eigenvalue weighted by molar-refractivity contribution is -0.163. The van der Waals surface area contributed by atoms with Gasteiger partial charge in [0.05, 0.1) is 0 Å². The summed E-state index contributed by atoms with van der Waals surface area (Å²) < 4.78 is 16.7. The van der Waals surface area contributed by atoms with Gasteiger partial charge in [0.15, 0.2) is 6.17 Å². The van der Waals surface area contributed by atoms with Crippen LogP contribution < -0.4 is 0 Å². The minimum absolute atomic E-state index is 0.0399. The number of hydrogen-bond donors (Lipinski definition) is 0. The molecule has 0 N–H and O–H groups in total. The lowest BCUT2D eigenvalue weighted by Gasteiger charge is -2.03. The van der Waals surface area contributed by atoms with E-state index in [1.807, 2.05) is 0 Å². The zero-order valence-electron chi connectivity index (χ0n) is 7.30. The maximum atomic E-state index is 12.5. The van der Waals surface area contributed by atoms with Gasteiger partial charge in [0.1, 0.15) is 0 Å². The van der Waals surface area contributed by atoms with Crippen LogP contribution in [0.5, 0.6) is 0 Å². The molecule has 4 heteroatoms. The van der Waals surface area contributed by atoms with Crippen molar-refractivity contribution in [1.82, 2.24) is 0 Å².